The summed E-state index contributed by atoms with van der Waals surface area (Å²) in [5, 5.41) is 8.42. The number of amides is 1. The SMILES string of the molecule is CCN(CCS(=O)(=O)O)C(=O)O. The Hall–Kier alpha value is -0.820. The van der Waals surface area contributed by atoms with Gasteiger partial charge < -0.3 is 10.0 Å². The number of rotatable bonds is 4. The van der Waals surface area contributed by atoms with Gasteiger partial charge in [0.1, 0.15) is 0 Å². The first-order valence-corrected chi connectivity index (χ1v) is 4.90. The highest BCUT2D eigenvalue weighted by Crippen LogP contribution is 1.91. The minimum Gasteiger partial charge on any atom is -0.465 e. The highest BCUT2D eigenvalue weighted by Gasteiger charge is 2.12. The van der Waals surface area contributed by atoms with Gasteiger partial charge in [-0.05, 0) is 6.92 Å². The van der Waals surface area contributed by atoms with Gasteiger partial charge in [-0.25, -0.2) is 4.79 Å². The smallest absolute Gasteiger partial charge is 0.407 e. The molecule has 0 rings (SSSR count). The van der Waals surface area contributed by atoms with Gasteiger partial charge in [-0.3, -0.25) is 4.55 Å². The van der Waals surface area contributed by atoms with Gasteiger partial charge in [-0.1, -0.05) is 0 Å². The molecular formula is C5H11NO5S. The van der Waals surface area contributed by atoms with Crippen LogP contribution in [0.5, 0.6) is 0 Å². The Morgan fingerprint density at radius 1 is 1.50 bits per heavy atom. The normalized spacial score (nSPS) is 11.2. The maximum absolute atomic E-state index is 10.3. The van der Waals surface area contributed by atoms with Crippen molar-refractivity contribution in [1.29, 1.82) is 0 Å². The fourth-order valence-corrected chi connectivity index (χ4v) is 1.07. The van der Waals surface area contributed by atoms with Crippen LogP contribution in [0.1, 0.15) is 6.92 Å². The molecule has 0 aliphatic rings. The van der Waals surface area contributed by atoms with Gasteiger partial charge in [0.05, 0.1) is 5.75 Å². The van der Waals surface area contributed by atoms with E-state index in [-0.39, 0.29) is 13.1 Å². The van der Waals surface area contributed by atoms with Crippen LogP contribution in [0.3, 0.4) is 0 Å². The van der Waals surface area contributed by atoms with Crippen LogP contribution in [0.25, 0.3) is 0 Å². The van der Waals surface area contributed by atoms with Crippen LogP contribution < -0.4 is 0 Å². The summed E-state index contributed by atoms with van der Waals surface area (Å²) in [7, 11) is -4.07. The zero-order valence-corrected chi connectivity index (χ0v) is 7.41. The van der Waals surface area contributed by atoms with Gasteiger partial charge in [0, 0.05) is 13.1 Å². The summed E-state index contributed by atoms with van der Waals surface area (Å²) in [4.78, 5) is 11.2. The summed E-state index contributed by atoms with van der Waals surface area (Å²) in [6.07, 6.45) is -1.19. The molecule has 0 bridgehead atoms. The zero-order chi connectivity index (χ0) is 9.78. The molecule has 7 heteroatoms. The van der Waals surface area contributed by atoms with Crippen LogP contribution in [0.4, 0.5) is 4.79 Å². The molecule has 2 N–H and O–H groups in total. The summed E-state index contributed by atoms with van der Waals surface area (Å²) in [6, 6.07) is 0. The lowest BCUT2D eigenvalue weighted by atomic mass is 10.6. The second-order valence-corrected chi connectivity index (χ2v) is 3.72. The van der Waals surface area contributed by atoms with Crippen LogP contribution in [0, 0.1) is 0 Å². The maximum Gasteiger partial charge on any atom is 0.407 e. The quantitative estimate of drug-likeness (QED) is 0.612. The van der Waals surface area contributed by atoms with Crippen LogP contribution >= 0.6 is 0 Å². The van der Waals surface area contributed by atoms with E-state index in [0.29, 0.717) is 0 Å². The van der Waals surface area contributed by atoms with Crippen LogP contribution in [-0.4, -0.2) is 47.9 Å². The third kappa shape index (κ3) is 4.91. The molecule has 72 valence electrons. The molecular weight excluding hydrogens is 186 g/mol. The predicted molar refractivity (Wildman–Crippen MR) is 41.7 cm³/mol. The van der Waals surface area contributed by atoms with Crippen molar-refractivity contribution in [2.75, 3.05) is 18.8 Å². The number of hydrogen-bond acceptors (Lipinski definition) is 3. The van der Waals surface area contributed by atoms with Gasteiger partial charge in [0.15, 0.2) is 0 Å². The molecule has 12 heavy (non-hydrogen) atoms. The molecule has 0 radical (unpaired) electrons. The van der Waals surface area contributed by atoms with Gasteiger partial charge in [0.25, 0.3) is 10.1 Å². The van der Waals surface area contributed by atoms with E-state index in [4.69, 9.17) is 9.66 Å². The van der Waals surface area contributed by atoms with E-state index in [9.17, 15) is 13.2 Å². The Kier molecular flexibility index (Phi) is 3.98. The molecule has 0 fully saturated rings. The van der Waals surface area contributed by atoms with Crippen LogP contribution in [0.2, 0.25) is 0 Å². The van der Waals surface area contributed by atoms with Crippen molar-refractivity contribution in [2.24, 2.45) is 0 Å². The zero-order valence-electron chi connectivity index (χ0n) is 6.60. The maximum atomic E-state index is 10.3. The molecule has 0 aliphatic carbocycles. The Morgan fingerprint density at radius 3 is 2.25 bits per heavy atom. The number of carbonyl (C=O) groups is 1. The van der Waals surface area contributed by atoms with Crippen molar-refractivity contribution in [2.45, 2.75) is 6.92 Å². The highest BCUT2D eigenvalue weighted by molar-refractivity contribution is 7.85. The fraction of sp³-hybridized carbons (Fsp3) is 0.800. The van der Waals surface area contributed by atoms with E-state index in [2.05, 4.69) is 0 Å². The first-order chi connectivity index (χ1) is 5.37. The van der Waals surface area contributed by atoms with Crippen molar-refractivity contribution >= 4 is 16.2 Å². The van der Waals surface area contributed by atoms with Gasteiger partial charge >= 0.3 is 6.09 Å². The molecule has 0 aliphatic heterocycles. The Labute approximate surface area is 70.5 Å². The summed E-state index contributed by atoms with van der Waals surface area (Å²) in [6.45, 7) is 1.58. The molecule has 0 aromatic heterocycles. The molecule has 0 saturated carbocycles. The van der Waals surface area contributed by atoms with Gasteiger partial charge in [-0.15, -0.1) is 0 Å². The fourth-order valence-electron chi connectivity index (χ4n) is 0.615. The Bertz CT molecular complexity index is 247. The topological polar surface area (TPSA) is 94.9 Å². The monoisotopic (exact) mass is 197 g/mol. The third-order valence-electron chi connectivity index (χ3n) is 1.27. The van der Waals surface area contributed by atoms with Gasteiger partial charge in [0.2, 0.25) is 0 Å². The van der Waals surface area contributed by atoms with E-state index < -0.39 is 22.0 Å². The molecule has 0 atom stereocenters. The van der Waals surface area contributed by atoms with E-state index in [1.165, 1.54) is 0 Å². The van der Waals surface area contributed by atoms with E-state index in [0.717, 1.165) is 4.90 Å². The summed E-state index contributed by atoms with van der Waals surface area (Å²) in [5.41, 5.74) is 0. The first-order valence-electron chi connectivity index (χ1n) is 3.30. The molecule has 0 heterocycles. The first kappa shape index (κ1) is 11.2. The van der Waals surface area contributed by atoms with Gasteiger partial charge in [-0.2, -0.15) is 8.42 Å². The summed E-state index contributed by atoms with van der Waals surface area (Å²) >= 11 is 0. The van der Waals surface area contributed by atoms with Crippen molar-refractivity contribution < 1.29 is 22.9 Å². The largest absolute Gasteiger partial charge is 0.465 e. The van der Waals surface area contributed by atoms with Crippen molar-refractivity contribution in [3.8, 4) is 0 Å². The lowest BCUT2D eigenvalue weighted by Crippen LogP contribution is -2.33. The number of carboxylic acid groups (broad SMARTS) is 1. The minimum atomic E-state index is -4.07. The minimum absolute atomic E-state index is 0.199. The average molecular weight is 197 g/mol. The average Bonchev–Trinajstić information content (AvgIpc) is 1.85. The summed E-state index contributed by atoms with van der Waals surface area (Å²) < 4.78 is 28.7. The third-order valence-corrected chi connectivity index (χ3v) is 1.97. The van der Waals surface area contributed by atoms with E-state index in [1.807, 2.05) is 0 Å². The lowest BCUT2D eigenvalue weighted by Gasteiger charge is -2.14. The number of hydrogen-bond donors (Lipinski definition) is 2. The highest BCUT2D eigenvalue weighted by atomic mass is 32.2. The molecule has 6 nitrogen and oxygen atoms in total. The Morgan fingerprint density at radius 2 is 2.00 bits per heavy atom. The molecule has 0 aromatic carbocycles. The van der Waals surface area contributed by atoms with Crippen LogP contribution in [0.15, 0.2) is 0 Å². The van der Waals surface area contributed by atoms with Crippen LogP contribution in [-0.2, 0) is 10.1 Å². The summed E-state index contributed by atoms with van der Waals surface area (Å²) in [5.74, 6) is -0.562. The van der Waals surface area contributed by atoms with E-state index in [1.54, 1.807) is 6.92 Å². The van der Waals surface area contributed by atoms with E-state index >= 15 is 0 Å². The molecule has 0 saturated heterocycles. The van der Waals surface area contributed by atoms with Crippen molar-refractivity contribution in [3.05, 3.63) is 0 Å². The Balaban J connectivity index is 3.98. The molecule has 0 unspecified atom stereocenters. The van der Waals surface area contributed by atoms with Crippen molar-refractivity contribution in [1.82, 2.24) is 4.90 Å². The molecule has 0 aromatic rings. The second kappa shape index (κ2) is 4.27. The molecule has 1 amide bonds. The van der Waals surface area contributed by atoms with Crippen molar-refractivity contribution in [3.63, 3.8) is 0 Å². The predicted octanol–water partition coefficient (Wildman–Crippen LogP) is -0.126. The lowest BCUT2D eigenvalue weighted by molar-refractivity contribution is 0.150. The number of nitrogens with zero attached hydrogens (tertiary/aromatic N) is 1. The second-order valence-electron chi connectivity index (χ2n) is 2.15. The molecule has 0 spiro atoms. The standard InChI is InChI=1S/C5H11NO5S/c1-2-6(5(7)8)3-4-12(9,10)11/h2-4H2,1H3,(H,7,8)(H,9,10,11).